The SMILES string of the molecule is NN(c1nc(C=O)c(N(N)C(CO)CC(=O)O)nc1C=O)C(CO)CC(=O)O.[H-].[Na+]. The average Bonchev–Trinajstić information content (AvgIpc) is 2.67. The first-order chi connectivity index (χ1) is 13.2. The van der Waals surface area contributed by atoms with Crippen LogP contribution in [-0.4, -0.2) is 80.2 Å². The molecule has 0 saturated carbocycles. The summed E-state index contributed by atoms with van der Waals surface area (Å²) in [6, 6.07) is -2.36. The number of hydrogen-bond acceptors (Lipinski definition) is 12. The first-order valence-corrected chi connectivity index (χ1v) is 7.75. The molecule has 0 amide bonds. The number of carbonyl (C=O) groups excluding carboxylic acids is 2. The second kappa shape index (κ2) is 12.4. The standard InChI is InChI=1S/C14H20N6O8.Na.H/c15-19(7(3-21)1-11(25)26)13-9(5-23)18-14(10(6-24)17-13)20(16)8(4-22)2-12(27)28;;/h5-8,21-22H,1-4,15-16H2,(H,25,26)(H,27,28);;/q;+1;-1. The number of aliphatic carboxylic acids is 2. The summed E-state index contributed by atoms with van der Waals surface area (Å²) in [7, 11) is 0. The number of carboxylic acids is 2. The van der Waals surface area contributed by atoms with E-state index in [0.29, 0.717) is 10.0 Å². The number of anilines is 2. The molecule has 0 aliphatic carbocycles. The van der Waals surface area contributed by atoms with Gasteiger partial charge in [0, 0.05) is 0 Å². The third kappa shape index (κ3) is 6.97. The fraction of sp³-hybridized carbons (Fsp3) is 0.429. The van der Waals surface area contributed by atoms with Crippen molar-refractivity contribution in [2.45, 2.75) is 24.9 Å². The Hall–Kier alpha value is -2.20. The predicted molar refractivity (Wildman–Crippen MR) is 93.5 cm³/mol. The third-order valence-electron chi connectivity index (χ3n) is 3.65. The zero-order chi connectivity index (χ0) is 21.4. The number of rotatable bonds is 12. The van der Waals surface area contributed by atoms with Crippen LogP contribution in [0.4, 0.5) is 11.6 Å². The van der Waals surface area contributed by atoms with Gasteiger partial charge in [0.15, 0.2) is 24.2 Å². The van der Waals surface area contributed by atoms with Crippen molar-refractivity contribution in [1.29, 1.82) is 0 Å². The second-order valence-corrected chi connectivity index (χ2v) is 5.56. The summed E-state index contributed by atoms with van der Waals surface area (Å²) in [6.07, 6.45) is -0.790. The maximum atomic E-state index is 11.4. The van der Waals surface area contributed by atoms with Gasteiger partial charge in [-0.15, -0.1) is 0 Å². The Kier molecular flexibility index (Phi) is 11.4. The van der Waals surface area contributed by atoms with Gasteiger partial charge in [-0.2, -0.15) is 0 Å². The number of hydrogen-bond donors (Lipinski definition) is 6. The van der Waals surface area contributed by atoms with E-state index < -0.39 is 73.1 Å². The Morgan fingerprint density at radius 1 is 0.897 bits per heavy atom. The zero-order valence-corrected chi connectivity index (χ0v) is 17.5. The van der Waals surface area contributed by atoms with Crippen molar-refractivity contribution in [1.82, 2.24) is 9.97 Å². The Morgan fingerprint density at radius 3 is 1.41 bits per heavy atom. The number of carboxylic acid groups (broad SMARTS) is 2. The molecule has 0 bridgehead atoms. The van der Waals surface area contributed by atoms with Crippen LogP contribution in [0.5, 0.6) is 0 Å². The molecule has 0 aliphatic heterocycles. The molecule has 8 N–H and O–H groups in total. The van der Waals surface area contributed by atoms with Crippen LogP contribution in [0.15, 0.2) is 0 Å². The molecule has 2 unspecified atom stereocenters. The van der Waals surface area contributed by atoms with Crippen LogP contribution >= 0.6 is 0 Å². The van der Waals surface area contributed by atoms with Crippen molar-refractivity contribution < 1.29 is 70.6 Å². The van der Waals surface area contributed by atoms with Gasteiger partial charge in [0.25, 0.3) is 0 Å². The first kappa shape index (κ1) is 26.8. The number of nitrogens with two attached hydrogens (primary N) is 2. The molecule has 1 aromatic heterocycles. The van der Waals surface area contributed by atoms with Gasteiger partial charge in [0.05, 0.1) is 38.1 Å². The Labute approximate surface area is 187 Å². The number of hydrazine groups is 2. The van der Waals surface area contributed by atoms with E-state index in [2.05, 4.69) is 9.97 Å². The quantitative estimate of drug-likeness (QED) is 0.0794. The van der Waals surface area contributed by atoms with E-state index in [1.54, 1.807) is 0 Å². The largest absolute Gasteiger partial charge is 1.00 e. The minimum absolute atomic E-state index is 0. The van der Waals surface area contributed by atoms with Gasteiger partial charge in [-0.3, -0.25) is 29.2 Å². The fourth-order valence-electron chi connectivity index (χ4n) is 2.23. The van der Waals surface area contributed by atoms with Crippen LogP contribution in [0.2, 0.25) is 0 Å². The number of carbonyl (C=O) groups is 4. The van der Waals surface area contributed by atoms with E-state index in [9.17, 15) is 29.4 Å². The van der Waals surface area contributed by atoms with Gasteiger partial charge >= 0.3 is 41.5 Å². The summed E-state index contributed by atoms with van der Waals surface area (Å²) in [6.45, 7) is -1.40. The van der Waals surface area contributed by atoms with Gasteiger partial charge in [0.2, 0.25) is 0 Å². The molecular formula is C14H21N6NaO8. The summed E-state index contributed by atoms with van der Waals surface area (Å²) >= 11 is 0. The van der Waals surface area contributed by atoms with Crippen molar-refractivity contribution in [3.05, 3.63) is 11.4 Å². The molecule has 15 heteroatoms. The van der Waals surface area contributed by atoms with Gasteiger partial charge in [-0.25, -0.2) is 21.7 Å². The van der Waals surface area contributed by atoms with Crippen molar-refractivity contribution in [2.75, 3.05) is 23.2 Å². The molecule has 1 aromatic rings. The molecule has 2 atom stereocenters. The van der Waals surface area contributed by atoms with Crippen LogP contribution in [-0.2, 0) is 9.59 Å². The minimum Gasteiger partial charge on any atom is -1.00 e. The number of aromatic nitrogens is 2. The van der Waals surface area contributed by atoms with Gasteiger partial charge in [-0.1, -0.05) is 0 Å². The zero-order valence-electron chi connectivity index (χ0n) is 16.5. The third-order valence-corrected chi connectivity index (χ3v) is 3.65. The monoisotopic (exact) mass is 424 g/mol. The van der Waals surface area contributed by atoms with Gasteiger partial charge < -0.3 is 21.9 Å². The first-order valence-electron chi connectivity index (χ1n) is 7.75. The van der Waals surface area contributed by atoms with Crippen LogP contribution in [0.25, 0.3) is 0 Å². The smallest absolute Gasteiger partial charge is 1.00 e. The summed E-state index contributed by atoms with van der Waals surface area (Å²) in [4.78, 5) is 52.2. The Balaban J connectivity index is 0. The minimum atomic E-state index is -1.28. The molecule has 0 saturated heterocycles. The molecular weight excluding hydrogens is 403 g/mol. The molecule has 29 heavy (non-hydrogen) atoms. The molecule has 14 nitrogen and oxygen atoms in total. The average molecular weight is 424 g/mol. The van der Waals surface area contributed by atoms with E-state index in [1.165, 1.54) is 0 Å². The van der Waals surface area contributed by atoms with E-state index >= 15 is 0 Å². The van der Waals surface area contributed by atoms with Crippen molar-refractivity contribution >= 4 is 36.1 Å². The number of aldehydes is 2. The maximum Gasteiger partial charge on any atom is 1.00 e. The predicted octanol–water partition coefficient (Wildman–Crippen LogP) is -5.75. The number of aliphatic hydroxyl groups is 2. The molecule has 0 aliphatic rings. The van der Waals surface area contributed by atoms with Gasteiger partial charge in [0.1, 0.15) is 11.4 Å². The van der Waals surface area contributed by atoms with Gasteiger partial charge in [-0.05, 0) is 0 Å². The molecule has 1 rings (SSSR count). The number of aliphatic hydroxyl groups excluding tert-OH is 2. The van der Waals surface area contributed by atoms with Crippen LogP contribution in [0, 0.1) is 0 Å². The fourth-order valence-corrected chi connectivity index (χ4v) is 2.23. The Morgan fingerprint density at radius 2 is 1.21 bits per heavy atom. The van der Waals surface area contributed by atoms with Crippen LogP contribution in [0.3, 0.4) is 0 Å². The summed E-state index contributed by atoms with van der Waals surface area (Å²) in [5.41, 5.74) is -0.899. The summed E-state index contributed by atoms with van der Waals surface area (Å²) in [5, 5.41) is 37.7. The van der Waals surface area contributed by atoms with E-state index in [1.807, 2.05) is 0 Å². The molecule has 0 radical (unpaired) electrons. The molecule has 0 fully saturated rings. The van der Waals surface area contributed by atoms with E-state index in [-0.39, 0.29) is 43.6 Å². The molecule has 0 spiro atoms. The molecule has 156 valence electrons. The van der Waals surface area contributed by atoms with E-state index in [4.69, 9.17) is 21.9 Å². The topological polar surface area (TPSA) is 233 Å². The molecule has 1 heterocycles. The van der Waals surface area contributed by atoms with Crippen molar-refractivity contribution in [2.24, 2.45) is 11.7 Å². The molecule has 0 aromatic carbocycles. The van der Waals surface area contributed by atoms with E-state index in [0.717, 1.165) is 0 Å². The van der Waals surface area contributed by atoms with Crippen LogP contribution in [0.1, 0.15) is 35.2 Å². The van der Waals surface area contributed by atoms with Crippen LogP contribution < -0.4 is 51.3 Å². The number of nitrogens with zero attached hydrogens (tertiary/aromatic N) is 4. The Bertz CT molecular complexity index is 696. The van der Waals surface area contributed by atoms with Crippen molar-refractivity contribution in [3.8, 4) is 0 Å². The maximum absolute atomic E-state index is 11.4. The van der Waals surface area contributed by atoms with Crippen molar-refractivity contribution in [3.63, 3.8) is 0 Å². The second-order valence-electron chi connectivity index (χ2n) is 5.56. The summed E-state index contributed by atoms with van der Waals surface area (Å²) < 4.78 is 0. The normalized spacial score (nSPS) is 12.3. The summed E-state index contributed by atoms with van der Waals surface area (Å²) in [5.74, 6) is 8.14.